The Morgan fingerprint density at radius 2 is 1.97 bits per heavy atom. The van der Waals surface area contributed by atoms with Gasteiger partial charge in [0, 0.05) is 34.5 Å². The van der Waals surface area contributed by atoms with Crippen molar-refractivity contribution in [3.63, 3.8) is 0 Å². The number of thiophene rings is 1. The molecule has 9 heteroatoms. The summed E-state index contributed by atoms with van der Waals surface area (Å²) in [6, 6.07) is 7.11. The Hall–Kier alpha value is -3.04. The molecule has 0 aliphatic rings. The van der Waals surface area contributed by atoms with Crippen LogP contribution in [0.2, 0.25) is 0 Å². The van der Waals surface area contributed by atoms with Crippen LogP contribution in [0.4, 0.5) is 17.6 Å². The molecule has 0 amide bonds. The van der Waals surface area contributed by atoms with Crippen LogP contribution in [0.5, 0.6) is 0 Å². The second-order valence-electron chi connectivity index (χ2n) is 6.17. The number of nitrogens with zero attached hydrogens (tertiary/aromatic N) is 2. The van der Waals surface area contributed by atoms with Gasteiger partial charge in [-0.1, -0.05) is 11.2 Å². The fraction of sp³-hybridized carbons (Fsp3) is 0.100. The van der Waals surface area contributed by atoms with E-state index >= 15 is 0 Å². The first-order valence-corrected chi connectivity index (χ1v) is 9.28. The standard InChI is InChI=1S/C20H12F4N2O2S/c21-15-8-13(20(22,23)24)3-4-14(15)17-16(18(27)11-2-1-6-25-9-11)19(28-26-17)12-5-7-29-10-12/h1-10,18,27H. The molecule has 1 N–H and O–H groups in total. The van der Waals surface area contributed by atoms with Gasteiger partial charge in [-0.15, -0.1) is 0 Å². The van der Waals surface area contributed by atoms with Crippen LogP contribution in [0.1, 0.15) is 22.8 Å². The lowest BCUT2D eigenvalue weighted by atomic mass is 9.95. The Morgan fingerprint density at radius 3 is 2.59 bits per heavy atom. The molecule has 0 saturated heterocycles. The molecular formula is C20H12F4N2O2S. The summed E-state index contributed by atoms with van der Waals surface area (Å²) in [6.07, 6.45) is -2.99. The predicted octanol–water partition coefficient (Wildman–Crippen LogP) is 5.70. The highest BCUT2D eigenvalue weighted by Crippen LogP contribution is 2.41. The van der Waals surface area contributed by atoms with Crippen LogP contribution < -0.4 is 0 Å². The molecular weight excluding hydrogens is 408 g/mol. The van der Waals surface area contributed by atoms with Crippen molar-refractivity contribution in [2.24, 2.45) is 0 Å². The minimum atomic E-state index is -4.68. The van der Waals surface area contributed by atoms with E-state index in [1.165, 1.54) is 23.7 Å². The van der Waals surface area contributed by atoms with Crippen LogP contribution in [-0.2, 0) is 6.18 Å². The smallest absolute Gasteiger partial charge is 0.383 e. The maximum absolute atomic E-state index is 14.6. The molecule has 4 rings (SSSR count). The Balaban J connectivity index is 1.89. The summed E-state index contributed by atoms with van der Waals surface area (Å²) in [4.78, 5) is 3.96. The Kier molecular flexibility index (Phi) is 4.93. The van der Waals surface area contributed by atoms with Gasteiger partial charge < -0.3 is 9.63 Å². The average molecular weight is 420 g/mol. The summed E-state index contributed by atoms with van der Waals surface area (Å²) in [5.41, 5.74) is -0.237. The molecule has 1 aromatic carbocycles. The number of aliphatic hydroxyl groups is 1. The minimum absolute atomic E-state index is 0.0752. The molecule has 1 unspecified atom stereocenters. The molecule has 3 heterocycles. The summed E-state index contributed by atoms with van der Waals surface area (Å²) in [7, 11) is 0. The molecule has 0 radical (unpaired) electrons. The first-order chi connectivity index (χ1) is 13.9. The quantitative estimate of drug-likeness (QED) is 0.430. The topological polar surface area (TPSA) is 59.2 Å². The largest absolute Gasteiger partial charge is 0.416 e. The SMILES string of the molecule is OC(c1cccnc1)c1c(-c2ccc(C(F)(F)F)cc2F)noc1-c1ccsc1. The van der Waals surface area contributed by atoms with Crippen LogP contribution in [0.25, 0.3) is 22.6 Å². The van der Waals surface area contributed by atoms with Crippen LogP contribution in [0.3, 0.4) is 0 Å². The van der Waals surface area contributed by atoms with Crippen molar-refractivity contribution in [3.8, 4) is 22.6 Å². The number of halogens is 4. The third-order valence-electron chi connectivity index (χ3n) is 4.34. The van der Waals surface area contributed by atoms with Crippen LogP contribution in [0, 0.1) is 5.82 Å². The maximum atomic E-state index is 14.6. The highest BCUT2D eigenvalue weighted by atomic mass is 32.1. The zero-order valence-electron chi connectivity index (χ0n) is 14.5. The molecule has 0 spiro atoms. The molecule has 148 valence electrons. The van der Waals surface area contributed by atoms with E-state index in [9.17, 15) is 22.7 Å². The summed E-state index contributed by atoms with van der Waals surface area (Å²) in [5.74, 6) is -0.915. The number of benzene rings is 1. The van der Waals surface area contributed by atoms with E-state index in [0.29, 0.717) is 17.2 Å². The number of hydrogen-bond donors (Lipinski definition) is 1. The molecule has 29 heavy (non-hydrogen) atoms. The lowest BCUT2D eigenvalue weighted by molar-refractivity contribution is -0.137. The summed E-state index contributed by atoms with van der Waals surface area (Å²) >= 11 is 1.38. The first-order valence-electron chi connectivity index (χ1n) is 8.33. The van der Waals surface area contributed by atoms with E-state index < -0.39 is 23.7 Å². The van der Waals surface area contributed by atoms with E-state index in [4.69, 9.17) is 4.52 Å². The van der Waals surface area contributed by atoms with E-state index in [1.807, 2.05) is 0 Å². The molecule has 0 aliphatic carbocycles. The number of alkyl halides is 3. The lowest BCUT2D eigenvalue weighted by Crippen LogP contribution is -2.06. The number of pyridine rings is 1. The van der Waals surface area contributed by atoms with E-state index in [2.05, 4.69) is 10.1 Å². The molecule has 0 bridgehead atoms. The average Bonchev–Trinajstić information content (AvgIpc) is 3.37. The van der Waals surface area contributed by atoms with Gasteiger partial charge >= 0.3 is 6.18 Å². The van der Waals surface area contributed by atoms with Crippen molar-refractivity contribution in [1.82, 2.24) is 10.1 Å². The molecule has 0 saturated carbocycles. The van der Waals surface area contributed by atoms with Gasteiger partial charge in [-0.05, 0) is 35.7 Å². The van der Waals surface area contributed by atoms with Crippen LogP contribution in [-0.4, -0.2) is 15.2 Å². The fourth-order valence-corrected chi connectivity index (χ4v) is 3.57. The predicted molar refractivity (Wildman–Crippen MR) is 98.5 cm³/mol. The molecule has 0 fully saturated rings. The minimum Gasteiger partial charge on any atom is -0.383 e. The van der Waals surface area contributed by atoms with Crippen molar-refractivity contribution in [2.45, 2.75) is 12.3 Å². The zero-order valence-corrected chi connectivity index (χ0v) is 15.3. The van der Waals surface area contributed by atoms with Gasteiger partial charge in [0.2, 0.25) is 0 Å². The Bertz CT molecular complexity index is 1130. The van der Waals surface area contributed by atoms with Crippen molar-refractivity contribution >= 4 is 11.3 Å². The van der Waals surface area contributed by atoms with Crippen molar-refractivity contribution in [1.29, 1.82) is 0 Å². The Morgan fingerprint density at radius 1 is 1.14 bits per heavy atom. The van der Waals surface area contributed by atoms with Gasteiger partial charge in [-0.25, -0.2) is 4.39 Å². The molecule has 4 nitrogen and oxygen atoms in total. The van der Waals surface area contributed by atoms with Crippen molar-refractivity contribution in [2.75, 3.05) is 0 Å². The number of aliphatic hydroxyl groups excluding tert-OH is 1. The van der Waals surface area contributed by atoms with Crippen LogP contribution in [0.15, 0.2) is 64.1 Å². The summed E-state index contributed by atoms with van der Waals surface area (Å²) in [5, 5.41) is 18.4. The second-order valence-corrected chi connectivity index (χ2v) is 6.95. The first kappa shape index (κ1) is 19.3. The highest BCUT2D eigenvalue weighted by Gasteiger charge is 2.33. The van der Waals surface area contributed by atoms with Crippen LogP contribution >= 0.6 is 11.3 Å². The van der Waals surface area contributed by atoms with Crippen molar-refractivity contribution < 1.29 is 27.2 Å². The number of aromatic nitrogens is 2. The van der Waals surface area contributed by atoms with Gasteiger partial charge in [-0.2, -0.15) is 24.5 Å². The molecule has 1 atom stereocenters. The molecule has 0 aliphatic heterocycles. The second kappa shape index (κ2) is 7.41. The van der Waals surface area contributed by atoms with Gasteiger partial charge in [0.1, 0.15) is 17.6 Å². The number of rotatable bonds is 4. The van der Waals surface area contributed by atoms with Gasteiger partial charge in [0.15, 0.2) is 5.76 Å². The van der Waals surface area contributed by atoms with E-state index in [0.717, 1.165) is 12.1 Å². The molecule has 3 aromatic heterocycles. The number of hydrogen-bond acceptors (Lipinski definition) is 5. The van der Waals surface area contributed by atoms with Crippen molar-refractivity contribution in [3.05, 3.63) is 82.1 Å². The third kappa shape index (κ3) is 3.66. The third-order valence-corrected chi connectivity index (χ3v) is 5.02. The fourth-order valence-electron chi connectivity index (χ4n) is 2.93. The maximum Gasteiger partial charge on any atom is 0.416 e. The monoisotopic (exact) mass is 420 g/mol. The van der Waals surface area contributed by atoms with E-state index in [-0.39, 0.29) is 22.6 Å². The van der Waals surface area contributed by atoms with E-state index in [1.54, 1.807) is 29.0 Å². The normalized spacial score (nSPS) is 12.9. The lowest BCUT2D eigenvalue weighted by Gasteiger charge is -2.13. The summed E-state index contributed by atoms with van der Waals surface area (Å²) in [6.45, 7) is 0. The van der Waals surface area contributed by atoms with Gasteiger partial charge in [0.25, 0.3) is 0 Å². The Labute approximate surface area is 166 Å². The van der Waals surface area contributed by atoms with Gasteiger partial charge in [-0.3, -0.25) is 4.98 Å². The zero-order chi connectivity index (χ0) is 20.6. The summed E-state index contributed by atoms with van der Waals surface area (Å²) < 4.78 is 58.6. The molecule has 4 aromatic rings. The van der Waals surface area contributed by atoms with Gasteiger partial charge in [0.05, 0.1) is 11.1 Å². The highest BCUT2D eigenvalue weighted by molar-refractivity contribution is 7.08.